The van der Waals surface area contributed by atoms with Gasteiger partial charge in [0, 0.05) is 11.4 Å². The minimum absolute atomic E-state index is 0.486. The summed E-state index contributed by atoms with van der Waals surface area (Å²) >= 11 is 0. The predicted octanol–water partition coefficient (Wildman–Crippen LogP) is 3.09. The average molecular weight is 303 g/mol. The lowest BCUT2D eigenvalue weighted by Gasteiger charge is -2.07. The molecule has 3 nitrogen and oxygen atoms in total. The van der Waals surface area contributed by atoms with Crippen molar-refractivity contribution >= 4 is 24.0 Å². The summed E-state index contributed by atoms with van der Waals surface area (Å²) in [5, 5.41) is 21.2. The van der Waals surface area contributed by atoms with Gasteiger partial charge in [0.25, 0.3) is 0 Å². The van der Waals surface area contributed by atoms with E-state index in [4.69, 9.17) is 10.0 Å². The molecule has 2 aliphatic carbocycles. The first-order valence-corrected chi connectivity index (χ1v) is 7.52. The van der Waals surface area contributed by atoms with Crippen molar-refractivity contribution in [1.29, 1.82) is 0 Å². The number of rotatable bonds is 3. The highest BCUT2D eigenvalue weighted by molar-refractivity contribution is 6.58. The Morgan fingerprint density at radius 3 is 1.65 bits per heavy atom. The second kappa shape index (κ2) is 6.69. The molecular formula is C19H18BNO2. The molecule has 0 heterocycles. The molecular weight excluding hydrogens is 285 g/mol. The fraction of sp³-hybridized carbons (Fsp3) is 0.0526. The molecule has 0 saturated heterocycles. The average Bonchev–Trinajstić information content (AvgIpc) is 3.16. The van der Waals surface area contributed by atoms with Crippen molar-refractivity contribution in [1.82, 2.24) is 0 Å². The van der Waals surface area contributed by atoms with Crippen LogP contribution in [0.5, 0.6) is 0 Å². The van der Waals surface area contributed by atoms with Gasteiger partial charge in [0.15, 0.2) is 0 Å². The van der Waals surface area contributed by atoms with Crippen LogP contribution in [0.25, 0.3) is 11.1 Å². The van der Waals surface area contributed by atoms with E-state index < -0.39 is 7.12 Å². The highest BCUT2D eigenvalue weighted by Gasteiger charge is 2.09. The Morgan fingerprint density at radius 1 is 0.739 bits per heavy atom. The van der Waals surface area contributed by atoms with Crippen LogP contribution in [0.2, 0.25) is 0 Å². The van der Waals surface area contributed by atoms with E-state index >= 15 is 0 Å². The lowest BCUT2D eigenvalue weighted by Crippen LogP contribution is -2.29. The number of benzene rings is 3. The van der Waals surface area contributed by atoms with Crippen molar-refractivity contribution in [2.24, 2.45) is 0 Å². The first-order chi connectivity index (χ1) is 11.1. The fourth-order valence-corrected chi connectivity index (χ4v) is 2.22. The number of nitrogens with one attached hydrogen (secondary N) is 1. The van der Waals surface area contributed by atoms with Crippen molar-refractivity contribution in [3.63, 3.8) is 0 Å². The summed E-state index contributed by atoms with van der Waals surface area (Å²) in [6.45, 7) is 2.04. The Labute approximate surface area is 136 Å². The van der Waals surface area contributed by atoms with Gasteiger partial charge in [0.1, 0.15) is 0 Å². The largest absolute Gasteiger partial charge is 0.488 e. The van der Waals surface area contributed by atoms with Crippen molar-refractivity contribution in [3.8, 4) is 11.1 Å². The molecule has 2 aliphatic rings. The van der Waals surface area contributed by atoms with E-state index in [1.807, 2.05) is 43.3 Å². The van der Waals surface area contributed by atoms with Crippen LogP contribution in [-0.2, 0) is 0 Å². The Morgan fingerprint density at radius 2 is 1.26 bits per heavy atom. The van der Waals surface area contributed by atoms with Crippen molar-refractivity contribution < 1.29 is 10.0 Å². The molecule has 2 aromatic rings. The van der Waals surface area contributed by atoms with Crippen LogP contribution >= 0.6 is 0 Å². The second-order valence-electron chi connectivity index (χ2n) is 5.57. The number of hydrogen-bond donors (Lipinski definition) is 3. The quantitative estimate of drug-likeness (QED) is 0.510. The molecule has 2 aromatic carbocycles. The zero-order valence-corrected chi connectivity index (χ0v) is 12.9. The van der Waals surface area contributed by atoms with Crippen LogP contribution in [0, 0.1) is 6.92 Å². The molecule has 0 radical (unpaired) electrons. The molecule has 4 heteroatoms. The van der Waals surface area contributed by atoms with Gasteiger partial charge in [0.05, 0.1) is 0 Å². The van der Waals surface area contributed by atoms with Gasteiger partial charge >= 0.3 is 7.12 Å². The molecule has 0 aliphatic heterocycles. The highest BCUT2D eigenvalue weighted by Crippen LogP contribution is 2.32. The van der Waals surface area contributed by atoms with E-state index in [1.54, 1.807) is 12.1 Å². The highest BCUT2D eigenvalue weighted by atomic mass is 16.4. The van der Waals surface area contributed by atoms with Gasteiger partial charge in [-0.1, -0.05) is 48.0 Å². The Bertz CT molecular complexity index is 766. The molecule has 0 atom stereocenters. The number of anilines is 2. The van der Waals surface area contributed by atoms with Crippen LogP contribution < -0.4 is 10.8 Å². The molecule has 3 N–H and O–H groups in total. The third kappa shape index (κ3) is 4.22. The molecule has 0 bridgehead atoms. The lowest BCUT2D eigenvalue weighted by atomic mass is 9.80. The maximum atomic E-state index is 8.97. The van der Waals surface area contributed by atoms with Gasteiger partial charge in [-0.15, -0.1) is 0 Å². The van der Waals surface area contributed by atoms with Crippen molar-refractivity contribution in [2.45, 2.75) is 6.92 Å². The molecule has 114 valence electrons. The van der Waals surface area contributed by atoms with E-state index in [0.29, 0.717) is 5.46 Å². The molecule has 0 unspecified atom stereocenters. The number of fused-ring (bicyclic) bond motifs is 1. The first kappa shape index (κ1) is 15.3. The van der Waals surface area contributed by atoms with Gasteiger partial charge in [0.2, 0.25) is 0 Å². The maximum Gasteiger partial charge on any atom is 0.488 e. The Kier molecular flexibility index (Phi) is 4.46. The predicted molar refractivity (Wildman–Crippen MR) is 96.2 cm³/mol. The van der Waals surface area contributed by atoms with E-state index in [0.717, 1.165) is 11.4 Å². The normalized spacial score (nSPS) is 10.4. The standard InChI is InChI=1S/C13H14BNO2.C6H4/c1-10-2-6-12(7-3-10)15-13-8-4-11(5-9-13)14(16)17;1-2-5-4-6(5)3-1/h2-9,15-17H,1H3;1-4H. The van der Waals surface area contributed by atoms with Crippen LogP contribution in [0.1, 0.15) is 5.56 Å². The minimum atomic E-state index is -1.41. The molecule has 0 aromatic heterocycles. The van der Waals surface area contributed by atoms with Crippen LogP contribution in [0.3, 0.4) is 0 Å². The summed E-state index contributed by atoms with van der Waals surface area (Å²) in [5.74, 6) is 0. The van der Waals surface area contributed by atoms with Gasteiger partial charge in [-0.05, 0) is 53.8 Å². The third-order valence-electron chi connectivity index (χ3n) is 3.66. The van der Waals surface area contributed by atoms with E-state index in [9.17, 15) is 0 Å². The van der Waals surface area contributed by atoms with Gasteiger partial charge in [-0.3, -0.25) is 0 Å². The molecule has 0 fully saturated rings. The molecule has 0 amide bonds. The van der Waals surface area contributed by atoms with E-state index in [2.05, 4.69) is 29.6 Å². The summed E-state index contributed by atoms with van der Waals surface area (Å²) in [4.78, 5) is 0. The Balaban J connectivity index is 0.000000213. The van der Waals surface area contributed by atoms with Gasteiger partial charge in [-0.2, -0.15) is 0 Å². The van der Waals surface area contributed by atoms with Gasteiger partial charge in [-0.25, -0.2) is 0 Å². The summed E-state index contributed by atoms with van der Waals surface area (Å²) < 4.78 is 0. The zero-order chi connectivity index (χ0) is 16.2. The summed E-state index contributed by atoms with van der Waals surface area (Å²) in [7, 11) is -1.41. The molecule has 23 heavy (non-hydrogen) atoms. The minimum Gasteiger partial charge on any atom is -0.423 e. The number of hydrogen-bond acceptors (Lipinski definition) is 3. The van der Waals surface area contributed by atoms with Gasteiger partial charge < -0.3 is 15.4 Å². The van der Waals surface area contributed by atoms with E-state index in [1.165, 1.54) is 16.7 Å². The molecule has 0 spiro atoms. The second-order valence-corrected chi connectivity index (χ2v) is 5.57. The SMILES string of the molecule is Cc1ccc(Nc2ccc(B(O)O)cc2)cc1.c1cc2cc-2c1. The molecule has 4 rings (SSSR count). The van der Waals surface area contributed by atoms with Crippen molar-refractivity contribution in [3.05, 3.63) is 78.4 Å². The monoisotopic (exact) mass is 303 g/mol. The van der Waals surface area contributed by atoms with Crippen LogP contribution in [-0.4, -0.2) is 17.2 Å². The third-order valence-corrected chi connectivity index (χ3v) is 3.66. The van der Waals surface area contributed by atoms with Crippen LogP contribution in [0.15, 0.2) is 72.8 Å². The van der Waals surface area contributed by atoms with Crippen LogP contribution in [0.4, 0.5) is 11.4 Å². The summed E-state index contributed by atoms with van der Waals surface area (Å²) in [5.41, 5.74) is 6.48. The lowest BCUT2D eigenvalue weighted by molar-refractivity contribution is 0.426. The van der Waals surface area contributed by atoms with Crippen molar-refractivity contribution in [2.75, 3.05) is 5.32 Å². The molecule has 0 saturated carbocycles. The maximum absolute atomic E-state index is 8.97. The number of aryl methyl sites for hydroxylation is 1. The first-order valence-electron chi connectivity index (χ1n) is 7.52. The summed E-state index contributed by atoms with van der Waals surface area (Å²) in [6.07, 6.45) is 0. The topological polar surface area (TPSA) is 52.5 Å². The Hall–Kier alpha value is -2.56. The van der Waals surface area contributed by atoms with E-state index in [-0.39, 0.29) is 0 Å². The summed E-state index contributed by atoms with van der Waals surface area (Å²) in [6, 6.07) is 23.6. The zero-order valence-electron chi connectivity index (χ0n) is 12.9. The fourth-order valence-electron chi connectivity index (χ4n) is 2.22. The smallest absolute Gasteiger partial charge is 0.423 e.